The minimum absolute atomic E-state index is 0.149. The van der Waals surface area contributed by atoms with Crippen molar-refractivity contribution in [1.29, 1.82) is 0 Å². The van der Waals surface area contributed by atoms with Crippen molar-refractivity contribution in [2.24, 2.45) is 13.0 Å². The molecule has 0 N–H and O–H groups in total. The number of carbonyl (C=O) groups excluding carboxylic acids is 1. The molecule has 3 rings (SSSR count). The minimum atomic E-state index is -1.04. The lowest BCUT2D eigenvalue weighted by Crippen LogP contribution is -2.34. The van der Waals surface area contributed by atoms with E-state index in [9.17, 15) is 18.0 Å². The zero-order valence-electron chi connectivity index (χ0n) is 16.5. The standard InChI is InChI=1S/C22H22F3N3O/c1-14(2)10-28(22(29)21-12-27(3)13-26-21)11-15-4-6-18(23)17(8-15)16-5-7-19(24)20(25)9-16/h4-9,12-14H,10-11H2,1-3H3. The van der Waals surface area contributed by atoms with Crippen molar-refractivity contribution in [2.75, 3.05) is 6.54 Å². The fraction of sp³-hybridized carbons (Fsp3) is 0.273. The van der Waals surface area contributed by atoms with Crippen LogP contribution in [-0.2, 0) is 13.6 Å². The number of hydrogen-bond donors (Lipinski definition) is 0. The second-order valence-electron chi connectivity index (χ2n) is 7.45. The maximum absolute atomic E-state index is 14.4. The average molecular weight is 401 g/mol. The van der Waals surface area contributed by atoms with Crippen LogP contribution in [0.5, 0.6) is 0 Å². The number of imidazole rings is 1. The molecule has 4 nitrogen and oxygen atoms in total. The van der Waals surface area contributed by atoms with E-state index in [0.717, 1.165) is 12.1 Å². The van der Waals surface area contributed by atoms with Crippen molar-refractivity contribution in [3.8, 4) is 11.1 Å². The molecular formula is C22H22F3N3O. The molecule has 0 fully saturated rings. The molecule has 0 aliphatic rings. The molecule has 1 amide bonds. The Balaban J connectivity index is 1.91. The van der Waals surface area contributed by atoms with Crippen molar-refractivity contribution in [3.05, 3.63) is 77.6 Å². The highest BCUT2D eigenvalue weighted by molar-refractivity contribution is 5.92. The zero-order chi connectivity index (χ0) is 21.1. The molecule has 29 heavy (non-hydrogen) atoms. The van der Waals surface area contributed by atoms with Crippen LogP contribution in [0.1, 0.15) is 29.9 Å². The number of aryl methyl sites for hydroxylation is 1. The summed E-state index contributed by atoms with van der Waals surface area (Å²) in [6, 6.07) is 7.66. The SMILES string of the molecule is CC(C)CN(Cc1ccc(F)c(-c2ccc(F)c(F)c2)c1)C(=O)c1cn(C)cn1. The predicted molar refractivity (Wildman–Crippen MR) is 105 cm³/mol. The van der Waals surface area contributed by atoms with Gasteiger partial charge in [-0.2, -0.15) is 0 Å². The van der Waals surface area contributed by atoms with Gasteiger partial charge in [0, 0.05) is 31.9 Å². The first-order chi connectivity index (χ1) is 13.7. The van der Waals surface area contributed by atoms with Crippen molar-refractivity contribution >= 4 is 5.91 Å². The van der Waals surface area contributed by atoms with Gasteiger partial charge in [0.15, 0.2) is 11.6 Å². The van der Waals surface area contributed by atoms with E-state index < -0.39 is 17.5 Å². The van der Waals surface area contributed by atoms with Crippen molar-refractivity contribution in [3.63, 3.8) is 0 Å². The third-order valence-electron chi connectivity index (χ3n) is 4.43. The van der Waals surface area contributed by atoms with E-state index in [2.05, 4.69) is 4.98 Å². The van der Waals surface area contributed by atoms with Crippen molar-refractivity contribution in [2.45, 2.75) is 20.4 Å². The third-order valence-corrected chi connectivity index (χ3v) is 4.43. The van der Waals surface area contributed by atoms with Crippen LogP contribution in [0.4, 0.5) is 13.2 Å². The molecule has 0 bridgehead atoms. The first kappa shape index (κ1) is 20.6. The van der Waals surface area contributed by atoms with Gasteiger partial charge < -0.3 is 9.47 Å². The molecule has 3 aromatic rings. The van der Waals surface area contributed by atoms with Gasteiger partial charge in [0.1, 0.15) is 11.5 Å². The van der Waals surface area contributed by atoms with E-state index in [-0.39, 0.29) is 29.5 Å². The van der Waals surface area contributed by atoms with E-state index in [1.807, 2.05) is 13.8 Å². The molecule has 1 aromatic heterocycles. The molecule has 0 aliphatic heterocycles. The van der Waals surface area contributed by atoms with Crippen LogP contribution < -0.4 is 0 Å². The first-order valence-corrected chi connectivity index (χ1v) is 9.25. The monoisotopic (exact) mass is 401 g/mol. The van der Waals surface area contributed by atoms with E-state index in [1.165, 1.54) is 12.1 Å². The van der Waals surface area contributed by atoms with Gasteiger partial charge in [-0.05, 0) is 41.3 Å². The zero-order valence-corrected chi connectivity index (χ0v) is 16.5. The summed E-state index contributed by atoms with van der Waals surface area (Å²) in [5, 5.41) is 0. The molecule has 152 valence electrons. The molecular weight excluding hydrogens is 379 g/mol. The van der Waals surface area contributed by atoms with Crippen molar-refractivity contribution < 1.29 is 18.0 Å². The topological polar surface area (TPSA) is 38.1 Å². The Kier molecular flexibility index (Phi) is 6.06. The average Bonchev–Trinajstić information content (AvgIpc) is 3.10. The number of nitrogens with zero attached hydrogens (tertiary/aromatic N) is 3. The Hall–Kier alpha value is -3.09. The van der Waals surface area contributed by atoms with E-state index in [4.69, 9.17) is 0 Å². The summed E-state index contributed by atoms with van der Waals surface area (Å²) in [6.45, 7) is 4.73. The predicted octanol–water partition coefficient (Wildman–Crippen LogP) is 4.80. The lowest BCUT2D eigenvalue weighted by atomic mass is 10.0. The van der Waals surface area contributed by atoms with Crippen LogP contribution in [0.15, 0.2) is 48.9 Å². The Labute approximate surface area is 167 Å². The quantitative estimate of drug-likeness (QED) is 0.595. The normalized spacial score (nSPS) is 11.1. The lowest BCUT2D eigenvalue weighted by molar-refractivity contribution is 0.0717. The van der Waals surface area contributed by atoms with Gasteiger partial charge in [-0.15, -0.1) is 0 Å². The molecule has 0 spiro atoms. The number of benzene rings is 2. The Morgan fingerprint density at radius 2 is 1.79 bits per heavy atom. The first-order valence-electron chi connectivity index (χ1n) is 9.25. The molecule has 0 saturated heterocycles. The van der Waals surface area contributed by atoms with Crippen LogP contribution in [0.2, 0.25) is 0 Å². The van der Waals surface area contributed by atoms with E-state index in [0.29, 0.717) is 17.8 Å². The van der Waals surface area contributed by atoms with Gasteiger partial charge in [0.25, 0.3) is 5.91 Å². The smallest absolute Gasteiger partial charge is 0.274 e. The minimum Gasteiger partial charge on any atom is -0.340 e. The summed E-state index contributed by atoms with van der Waals surface area (Å²) >= 11 is 0. The molecule has 2 aromatic carbocycles. The largest absolute Gasteiger partial charge is 0.340 e. The number of aromatic nitrogens is 2. The number of amides is 1. The fourth-order valence-electron chi connectivity index (χ4n) is 3.12. The van der Waals surface area contributed by atoms with Crippen LogP contribution in [0, 0.1) is 23.4 Å². The highest BCUT2D eigenvalue weighted by Gasteiger charge is 2.20. The number of hydrogen-bond acceptors (Lipinski definition) is 2. The third kappa shape index (κ3) is 4.85. The molecule has 0 unspecified atom stereocenters. The Morgan fingerprint density at radius 3 is 2.41 bits per heavy atom. The van der Waals surface area contributed by atoms with E-state index in [1.54, 1.807) is 41.2 Å². The van der Waals surface area contributed by atoms with Gasteiger partial charge in [0.05, 0.1) is 6.33 Å². The number of halogens is 3. The van der Waals surface area contributed by atoms with Gasteiger partial charge in [-0.25, -0.2) is 18.2 Å². The summed E-state index contributed by atoms with van der Waals surface area (Å²) in [7, 11) is 1.78. The van der Waals surface area contributed by atoms with Gasteiger partial charge in [0.2, 0.25) is 0 Å². The van der Waals surface area contributed by atoms with Gasteiger partial charge in [-0.1, -0.05) is 26.0 Å². The second kappa shape index (κ2) is 8.51. The summed E-state index contributed by atoms with van der Waals surface area (Å²) < 4.78 is 42.9. The van der Waals surface area contributed by atoms with Crippen molar-refractivity contribution in [1.82, 2.24) is 14.5 Å². The molecule has 0 aliphatic carbocycles. The molecule has 1 heterocycles. The van der Waals surface area contributed by atoms with Crippen LogP contribution in [-0.4, -0.2) is 26.9 Å². The maximum Gasteiger partial charge on any atom is 0.274 e. The molecule has 0 radical (unpaired) electrons. The van der Waals surface area contributed by atoms with Crippen LogP contribution in [0.3, 0.4) is 0 Å². The summed E-state index contributed by atoms with van der Waals surface area (Å²) in [6.07, 6.45) is 3.20. The molecule has 0 atom stereocenters. The van der Waals surface area contributed by atoms with Gasteiger partial charge in [-0.3, -0.25) is 4.79 Å². The Morgan fingerprint density at radius 1 is 1.07 bits per heavy atom. The second-order valence-corrected chi connectivity index (χ2v) is 7.45. The summed E-state index contributed by atoms with van der Waals surface area (Å²) in [5.74, 6) is -2.59. The van der Waals surface area contributed by atoms with Crippen LogP contribution >= 0.6 is 0 Å². The lowest BCUT2D eigenvalue weighted by Gasteiger charge is -2.24. The fourth-order valence-corrected chi connectivity index (χ4v) is 3.12. The summed E-state index contributed by atoms with van der Waals surface area (Å²) in [5.41, 5.74) is 1.39. The van der Waals surface area contributed by atoms with E-state index >= 15 is 0 Å². The highest BCUT2D eigenvalue weighted by Crippen LogP contribution is 2.26. The summed E-state index contributed by atoms with van der Waals surface area (Å²) in [4.78, 5) is 18.7. The number of rotatable bonds is 6. The maximum atomic E-state index is 14.4. The highest BCUT2D eigenvalue weighted by atomic mass is 19.2. The molecule has 0 saturated carbocycles. The van der Waals surface area contributed by atoms with Gasteiger partial charge >= 0.3 is 0 Å². The number of carbonyl (C=O) groups is 1. The van der Waals surface area contributed by atoms with Crippen LogP contribution in [0.25, 0.3) is 11.1 Å². The Bertz CT molecular complexity index is 1030. The molecule has 7 heteroatoms.